The predicted octanol–water partition coefficient (Wildman–Crippen LogP) is 23.9. The van der Waals surface area contributed by atoms with E-state index in [2.05, 4.69) is 88.0 Å². The van der Waals surface area contributed by atoms with Crippen LogP contribution in [0.25, 0.3) is 0 Å². The highest BCUT2D eigenvalue weighted by molar-refractivity contribution is 5.73. The summed E-state index contributed by atoms with van der Waals surface area (Å²) in [7, 11) is 0. The number of hydrogen-bond acceptors (Lipinski definition) is 12. The average molecular weight is 1330 g/mol. The molecular weight excluding hydrogens is 1210 g/mol. The molecule has 4 atom stereocenters. The monoisotopic (exact) mass is 1330 g/mol. The van der Waals surface area contributed by atoms with Crippen molar-refractivity contribution in [2.24, 2.45) is 0 Å². The van der Waals surface area contributed by atoms with Crippen LogP contribution < -0.4 is 52.1 Å². The van der Waals surface area contributed by atoms with Gasteiger partial charge in [0.15, 0.2) is 46.0 Å². The molecule has 12 heteroatoms. The van der Waals surface area contributed by atoms with Crippen LogP contribution in [0.15, 0.2) is 24.3 Å². The van der Waals surface area contributed by atoms with Gasteiger partial charge in [0.05, 0.1) is 0 Å². The van der Waals surface area contributed by atoms with E-state index >= 15 is 0 Å². The zero-order valence-corrected chi connectivity index (χ0v) is 60.7. The molecule has 97 heavy (non-hydrogen) atoms. The Bertz CT molecular complexity index is 3090. The van der Waals surface area contributed by atoms with E-state index in [0.717, 1.165) is 147 Å². The van der Waals surface area contributed by atoms with E-state index in [9.17, 15) is 5.11 Å². The topological polar surface area (TPSA) is 122 Å². The molecule has 1 N–H and O–H groups in total. The van der Waals surface area contributed by atoms with Crippen molar-refractivity contribution in [3.8, 4) is 105 Å². The number of ether oxygens (including phenoxy) is 11. The molecule has 530 valence electrons. The molecule has 4 unspecified atom stereocenters. The van der Waals surface area contributed by atoms with Crippen LogP contribution in [0, 0.1) is 36.1 Å². The average Bonchev–Trinajstić information content (AvgIpc) is 0.729. The number of hydrogen-bond donors (Lipinski definition) is 1. The highest BCUT2D eigenvalue weighted by Gasteiger charge is 2.43. The minimum atomic E-state index is -0.369. The maximum atomic E-state index is 13.3. The van der Waals surface area contributed by atoms with E-state index in [1.807, 2.05) is 0 Å². The molecule has 0 fully saturated rings. The van der Waals surface area contributed by atoms with Crippen molar-refractivity contribution in [3.05, 3.63) is 68.8 Å². The number of aromatic hydroxyl groups is 1. The van der Waals surface area contributed by atoms with Gasteiger partial charge in [-0.2, -0.15) is 0 Å². The van der Waals surface area contributed by atoms with Crippen molar-refractivity contribution in [1.29, 1.82) is 0 Å². The Labute approximate surface area is 584 Å². The second kappa shape index (κ2) is 40.9. The molecule has 4 aromatic rings. The largest absolute Gasteiger partial charge is 0.502 e. The van der Waals surface area contributed by atoms with Crippen LogP contribution in [0.2, 0.25) is 0 Å². The van der Waals surface area contributed by atoms with Gasteiger partial charge in [0.25, 0.3) is 0 Å². The fourth-order valence-electron chi connectivity index (χ4n) is 15.7. The van der Waals surface area contributed by atoms with Gasteiger partial charge in [0.1, 0.15) is 18.3 Å². The molecule has 1 aliphatic carbocycles. The van der Waals surface area contributed by atoms with Crippen LogP contribution in [0.1, 0.15) is 373 Å². The van der Waals surface area contributed by atoms with Gasteiger partial charge in [0, 0.05) is 89.0 Å². The highest BCUT2D eigenvalue weighted by atomic mass is 16.7. The molecule has 9 rings (SSSR count). The Morgan fingerprint density at radius 3 is 0.649 bits per heavy atom. The Morgan fingerprint density at radius 2 is 0.454 bits per heavy atom. The summed E-state index contributed by atoms with van der Waals surface area (Å²) in [6.07, 6.45) is 54.4. The third-order valence-electron chi connectivity index (χ3n) is 20.8. The Hall–Kier alpha value is -6.84. The van der Waals surface area contributed by atoms with Crippen molar-refractivity contribution in [1.82, 2.24) is 0 Å². The first-order valence-electron chi connectivity index (χ1n) is 38.7. The Morgan fingerprint density at radius 1 is 0.278 bits per heavy atom. The lowest BCUT2D eigenvalue weighted by molar-refractivity contribution is 0.0884. The standard InChI is InChI=1S/C85H118O12/c1-8-15-19-23-27-31-35-39-43-47-62-66-54-67-63(48-44-40-36-32-28-24-20-16-9-2)69-56-71-65(50-46-42-38-34-30-26-22-18-11-4)73-57-72-64(49-45-41-37-33-29-25-21-17-10-3)70-55-68(62)77-83(87-51-12-5)79(70)94-60-96-81(72)85(89-53-14-7)82(73)97-61-95-80(71)84(88-52-13-6)78(69)93-59-91-76(67)74(86)75(66)90-58-92-77/h54-57,62-65,86H,8-11,15-50,58-61H2,1-7H3. The summed E-state index contributed by atoms with van der Waals surface area (Å²) in [5, 5.41) is 13.3. The maximum Gasteiger partial charge on any atom is 0.231 e. The van der Waals surface area contributed by atoms with Crippen LogP contribution in [-0.2, 0) is 0 Å². The molecule has 12 nitrogen and oxygen atoms in total. The second-order valence-electron chi connectivity index (χ2n) is 27.9. The van der Waals surface area contributed by atoms with E-state index in [1.54, 1.807) is 20.8 Å². The van der Waals surface area contributed by atoms with Crippen molar-refractivity contribution < 1.29 is 57.2 Å². The molecule has 5 aliphatic rings. The highest BCUT2D eigenvalue weighted by Crippen LogP contribution is 2.62. The number of rotatable bonds is 43. The number of phenolic OH excluding ortho intramolecular Hbond substituents is 1. The van der Waals surface area contributed by atoms with Gasteiger partial charge in [0.2, 0.25) is 50.2 Å². The van der Waals surface area contributed by atoms with Gasteiger partial charge < -0.3 is 57.2 Å². The van der Waals surface area contributed by atoms with Gasteiger partial charge in [-0.1, -0.05) is 277 Å². The van der Waals surface area contributed by atoms with E-state index in [-0.39, 0.29) is 56.6 Å². The van der Waals surface area contributed by atoms with Crippen molar-refractivity contribution in [2.75, 3.05) is 27.2 Å². The van der Waals surface area contributed by atoms with E-state index in [0.29, 0.717) is 63.2 Å². The molecule has 4 heterocycles. The van der Waals surface area contributed by atoms with Crippen LogP contribution in [0.4, 0.5) is 0 Å². The number of phenols is 1. The molecule has 0 saturated carbocycles. The summed E-state index contributed by atoms with van der Waals surface area (Å²) >= 11 is 0. The minimum absolute atomic E-state index is 0.0690. The fourth-order valence-corrected chi connectivity index (χ4v) is 15.7. The maximum absolute atomic E-state index is 13.3. The summed E-state index contributed by atoms with van der Waals surface area (Å²) < 4.78 is 75.8. The lowest BCUT2D eigenvalue weighted by Crippen LogP contribution is -2.23. The third kappa shape index (κ3) is 19.8. The van der Waals surface area contributed by atoms with Crippen LogP contribution >= 0.6 is 0 Å². The van der Waals surface area contributed by atoms with Gasteiger partial charge in [-0.15, -0.1) is 0 Å². The first-order chi connectivity index (χ1) is 47.9. The summed E-state index contributed by atoms with van der Waals surface area (Å²) in [4.78, 5) is 0. The third-order valence-corrected chi connectivity index (χ3v) is 20.8. The van der Waals surface area contributed by atoms with Gasteiger partial charge in [-0.3, -0.25) is 0 Å². The summed E-state index contributed by atoms with van der Waals surface area (Å²) in [5.41, 5.74) is 7.31. The normalized spacial score (nSPS) is 16.5. The summed E-state index contributed by atoms with van der Waals surface area (Å²) in [5.74, 6) is 12.5. The molecular formula is C85H118O12. The molecule has 4 aliphatic heterocycles. The summed E-state index contributed by atoms with van der Waals surface area (Å²) in [6, 6.07) is 9.34. The first kappa shape index (κ1) is 74.4. The van der Waals surface area contributed by atoms with Gasteiger partial charge in [-0.25, -0.2) is 0 Å². The predicted molar refractivity (Wildman–Crippen MR) is 389 cm³/mol. The SMILES string of the molecule is CC#COc1c2c3cc4c1OCOc1c(cc5c(c1OC#CC)OCOc1c(cc6c(c1OC#CC)OCOc1c(cc(c(c1O)OCO2)C3CCCCCCCCCCC)C6CCCCCCCCCCC)C5CCCCCCCCCCC)C4CCCCCCCCCCC. The molecule has 0 aromatic heterocycles. The molecule has 0 saturated heterocycles. The van der Waals surface area contributed by atoms with Gasteiger partial charge >= 0.3 is 0 Å². The Balaban J connectivity index is 1.33. The molecule has 0 spiro atoms. The quantitative estimate of drug-likeness (QED) is 0.0335. The van der Waals surface area contributed by atoms with Crippen LogP contribution in [-0.4, -0.2) is 32.3 Å². The minimum Gasteiger partial charge on any atom is -0.502 e. The number of unbranched alkanes of at least 4 members (excludes halogenated alkanes) is 32. The zero-order chi connectivity index (χ0) is 67.8. The van der Waals surface area contributed by atoms with Gasteiger partial charge in [-0.05, 0) is 49.9 Å². The van der Waals surface area contributed by atoms with Crippen LogP contribution in [0.3, 0.4) is 0 Å². The number of benzene rings is 4. The smallest absolute Gasteiger partial charge is 0.231 e. The van der Waals surface area contributed by atoms with Crippen LogP contribution in [0.5, 0.6) is 69.0 Å². The first-order valence-corrected chi connectivity index (χ1v) is 38.7. The van der Waals surface area contributed by atoms with E-state index < -0.39 is 0 Å². The second-order valence-corrected chi connectivity index (χ2v) is 27.9. The molecule has 0 amide bonds. The molecule has 8 bridgehead atoms. The molecule has 4 aromatic carbocycles. The molecule has 0 radical (unpaired) electrons. The van der Waals surface area contributed by atoms with Crippen molar-refractivity contribution in [2.45, 2.75) is 329 Å². The zero-order valence-electron chi connectivity index (χ0n) is 60.7. The lowest BCUT2D eigenvalue weighted by atomic mass is 9.75. The summed E-state index contributed by atoms with van der Waals surface area (Å²) in [6.45, 7) is 13.6. The lowest BCUT2D eigenvalue weighted by Gasteiger charge is -2.36. The van der Waals surface area contributed by atoms with E-state index in [1.165, 1.54) is 154 Å². The fraction of sp³-hybridized carbons (Fsp3) is 0.647. The van der Waals surface area contributed by atoms with Crippen molar-refractivity contribution >= 4 is 0 Å². The van der Waals surface area contributed by atoms with E-state index in [4.69, 9.17) is 52.1 Å². The van der Waals surface area contributed by atoms with Crippen molar-refractivity contribution in [3.63, 3.8) is 0 Å². The Kier molecular flexibility index (Phi) is 31.4.